The molecule has 3 aromatic rings. The van der Waals surface area contributed by atoms with Crippen LogP contribution in [0.2, 0.25) is 0 Å². The third-order valence-corrected chi connectivity index (χ3v) is 6.06. The van der Waals surface area contributed by atoms with Gasteiger partial charge in [-0.05, 0) is 49.2 Å². The summed E-state index contributed by atoms with van der Waals surface area (Å²) in [5.74, 6) is 0.137. The van der Waals surface area contributed by atoms with Gasteiger partial charge in [-0.25, -0.2) is 8.42 Å². The molecule has 2 N–H and O–H groups in total. The number of carbonyl (C=O) groups is 1. The Morgan fingerprint density at radius 1 is 1.29 bits per heavy atom. The third-order valence-electron chi connectivity index (χ3n) is 4.71. The van der Waals surface area contributed by atoms with Gasteiger partial charge in [-0.3, -0.25) is 19.6 Å². The Labute approximate surface area is 162 Å². The molecule has 1 aliphatic rings. The van der Waals surface area contributed by atoms with Crippen LogP contribution >= 0.6 is 0 Å². The van der Waals surface area contributed by atoms with Crippen molar-refractivity contribution in [2.45, 2.75) is 31.2 Å². The van der Waals surface area contributed by atoms with Crippen molar-refractivity contribution in [3.05, 3.63) is 54.4 Å². The van der Waals surface area contributed by atoms with E-state index in [4.69, 9.17) is 0 Å². The molecular formula is C19H19N5O3S. The molecule has 8 nitrogen and oxygen atoms in total. The van der Waals surface area contributed by atoms with Gasteiger partial charge in [0.15, 0.2) is 5.82 Å². The lowest BCUT2D eigenvalue weighted by Gasteiger charge is -2.20. The molecule has 2 aromatic heterocycles. The molecule has 1 atom stereocenters. The fraction of sp³-hybridized carbons (Fsp3) is 0.211. The standard InChI is InChI=1S/C19H19N5O3S/c1-12-8-15-9-16(5-6-18(15)24(12)13(2)25)28(26,27)23-19-10-17(21-22-19)14-4-3-7-20-11-14/h3-7,9-12H,8H2,1-2H3,(H2,21,22,23). The fourth-order valence-electron chi connectivity index (χ4n) is 3.50. The quantitative estimate of drug-likeness (QED) is 0.703. The first kappa shape index (κ1) is 18.2. The lowest BCUT2D eigenvalue weighted by atomic mass is 10.1. The molecule has 1 unspecified atom stereocenters. The zero-order chi connectivity index (χ0) is 19.9. The Morgan fingerprint density at radius 3 is 2.82 bits per heavy atom. The van der Waals surface area contributed by atoms with Crippen molar-refractivity contribution in [1.29, 1.82) is 0 Å². The molecule has 9 heteroatoms. The lowest BCUT2D eigenvalue weighted by molar-refractivity contribution is -0.116. The van der Waals surface area contributed by atoms with E-state index < -0.39 is 10.0 Å². The molecule has 1 aliphatic heterocycles. The van der Waals surface area contributed by atoms with E-state index >= 15 is 0 Å². The second-order valence-electron chi connectivity index (χ2n) is 6.75. The summed E-state index contributed by atoms with van der Waals surface area (Å²) in [5.41, 5.74) is 3.06. The number of hydrogen-bond acceptors (Lipinski definition) is 5. The summed E-state index contributed by atoms with van der Waals surface area (Å²) in [5, 5.41) is 6.83. The molecule has 0 radical (unpaired) electrons. The molecule has 144 valence electrons. The first-order valence-corrected chi connectivity index (χ1v) is 10.2. The number of sulfonamides is 1. The van der Waals surface area contributed by atoms with Crippen LogP contribution in [0, 0.1) is 0 Å². The number of amides is 1. The Hall–Kier alpha value is -3.20. The predicted molar refractivity (Wildman–Crippen MR) is 105 cm³/mol. The number of fused-ring (bicyclic) bond motifs is 1. The number of rotatable bonds is 4. The molecule has 0 saturated heterocycles. The zero-order valence-corrected chi connectivity index (χ0v) is 16.2. The van der Waals surface area contributed by atoms with Crippen molar-refractivity contribution in [3.63, 3.8) is 0 Å². The number of nitrogens with zero attached hydrogens (tertiary/aromatic N) is 3. The van der Waals surface area contributed by atoms with Gasteiger partial charge >= 0.3 is 0 Å². The lowest BCUT2D eigenvalue weighted by Crippen LogP contribution is -2.33. The van der Waals surface area contributed by atoms with Crippen LogP contribution in [0.1, 0.15) is 19.4 Å². The Bertz CT molecular complexity index is 1140. The highest BCUT2D eigenvalue weighted by Crippen LogP contribution is 2.34. The summed E-state index contributed by atoms with van der Waals surface area (Å²) in [4.78, 5) is 17.7. The van der Waals surface area contributed by atoms with Crippen LogP contribution in [0.25, 0.3) is 11.3 Å². The fourth-order valence-corrected chi connectivity index (χ4v) is 4.54. The van der Waals surface area contributed by atoms with Crippen LogP contribution in [0.15, 0.2) is 53.7 Å². The molecule has 28 heavy (non-hydrogen) atoms. The van der Waals surface area contributed by atoms with Gasteiger partial charge in [-0.1, -0.05) is 0 Å². The first-order chi connectivity index (χ1) is 13.3. The van der Waals surface area contributed by atoms with Gasteiger partial charge in [-0.15, -0.1) is 0 Å². The molecule has 3 heterocycles. The number of benzene rings is 1. The average Bonchev–Trinajstić information content (AvgIpc) is 3.24. The minimum Gasteiger partial charge on any atom is -0.309 e. The van der Waals surface area contributed by atoms with E-state index in [0.29, 0.717) is 12.1 Å². The topological polar surface area (TPSA) is 108 Å². The highest BCUT2D eigenvalue weighted by atomic mass is 32.2. The van der Waals surface area contributed by atoms with Crippen molar-refractivity contribution in [2.24, 2.45) is 0 Å². The van der Waals surface area contributed by atoms with E-state index in [1.165, 1.54) is 13.0 Å². The predicted octanol–water partition coefficient (Wildman–Crippen LogP) is 2.57. The van der Waals surface area contributed by atoms with Crippen molar-refractivity contribution >= 4 is 27.4 Å². The maximum atomic E-state index is 12.8. The second kappa shape index (κ2) is 6.75. The first-order valence-electron chi connectivity index (χ1n) is 8.76. The summed E-state index contributed by atoms with van der Waals surface area (Å²) >= 11 is 0. The number of H-pyrrole nitrogens is 1. The van der Waals surface area contributed by atoms with Crippen molar-refractivity contribution < 1.29 is 13.2 Å². The Morgan fingerprint density at radius 2 is 2.11 bits per heavy atom. The number of carbonyl (C=O) groups excluding carboxylic acids is 1. The smallest absolute Gasteiger partial charge is 0.263 e. The largest absolute Gasteiger partial charge is 0.309 e. The molecule has 0 fully saturated rings. The summed E-state index contributed by atoms with van der Waals surface area (Å²) < 4.78 is 28.1. The van der Waals surface area contributed by atoms with Gasteiger partial charge in [0, 0.05) is 42.7 Å². The number of pyridine rings is 1. The number of aromatic amines is 1. The van der Waals surface area contributed by atoms with Crippen molar-refractivity contribution in [2.75, 3.05) is 9.62 Å². The van der Waals surface area contributed by atoms with Crippen LogP contribution in [-0.4, -0.2) is 35.5 Å². The SMILES string of the molecule is CC(=O)N1c2ccc(S(=O)(=O)Nc3cc(-c4cccnc4)[nH]n3)cc2CC1C. The summed E-state index contributed by atoms with van der Waals surface area (Å²) in [6.07, 6.45) is 3.94. The van der Waals surface area contributed by atoms with Crippen LogP contribution in [0.5, 0.6) is 0 Å². The Kier molecular flexibility index (Phi) is 4.38. The van der Waals surface area contributed by atoms with E-state index in [1.807, 2.05) is 13.0 Å². The van der Waals surface area contributed by atoms with Gasteiger partial charge < -0.3 is 4.90 Å². The average molecular weight is 397 g/mol. The van der Waals surface area contributed by atoms with E-state index in [2.05, 4.69) is 19.9 Å². The van der Waals surface area contributed by atoms with E-state index in [1.54, 1.807) is 41.6 Å². The van der Waals surface area contributed by atoms with E-state index in [0.717, 1.165) is 16.8 Å². The summed E-state index contributed by atoms with van der Waals surface area (Å²) in [6, 6.07) is 10.1. The van der Waals surface area contributed by atoms with Gasteiger partial charge in [0.1, 0.15) is 0 Å². The molecule has 1 aromatic carbocycles. The number of aromatic nitrogens is 3. The molecule has 1 amide bonds. The monoisotopic (exact) mass is 397 g/mol. The molecule has 4 rings (SSSR count). The van der Waals surface area contributed by atoms with Crippen molar-refractivity contribution in [3.8, 4) is 11.3 Å². The third kappa shape index (κ3) is 3.24. The summed E-state index contributed by atoms with van der Waals surface area (Å²) in [7, 11) is -3.81. The molecule has 0 spiro atoms. The van der Waals surface area contributed by atoms with Gasteiger partial charge in [0.25, 0.3) is 10.0 Å². The highest BCUT2D eigenvalue weighted by Gasteiger charge is 2.30. The minimum absolute atomic E-state index is 0.00629. The molecule has 0 aliphatic carbocycles. The van der Waals surface area contributed by atoms with Crippen LogP contribution < -0.4 is 9.62 Å². The summed E-state index contributed by atoms with van der Waals surface area (Å²) in [6.45, 7) is 3.45. The van der Waals surface area contributed by atoms with Gasteiger partial charge in [0.2, 0.25) is 5.91 Å². The van der Waals surface area contributed by atoms with E-state index in [-0.39, 0.29) is 22.7 Å². The van der Waals surface area contributed by atoms with E-state index in [9.17, 15) is 13.2 Å². The van der Waals surface area contributed by atoms with Crippen LogP contribution in [-0.2, 0) is 21.2 Å². The number of anilines is 2. The maximum Gasteiger partial charge on any atom is 0.263 e. The Balaban J connectivity index is 1.59. The number of nitrogens with one attached hydrogen (secondary N) is 2. The minimum atomic E-state index is -3.81. The normalized spacial score (nSPS) is 16.1. The molecule has 0 saturated carbocycles. The maximum absolute atomic E-state index is 12.8. The van der Waals surface area contributed by atoms with Gasteiger partial charge in [-0.2, -0.15) is 5.10 Å². The van der Waals surface area contributed by atoms with Crippen LogP contribution in [0.4, 0.5) is 11.5 Å². The number of hydrogen-bond donors (Lipinski definition) is 2. The zero-order valence-electron chi connectivity index (χ0n) is 15.4. The molecular weight excluding hydrogens is 378 g/mol. The van der Waals surface area contributed by atoms with Crippen LogP contribution in [0.3, 0.4) is 0 Å². The second-order valence-corrected chi connectivity index (χ2v) is 8.43. The van der Waals surface area contributed by atoms with Crippen molar-refractivity contribution in [1.82, 2.24) is 15.2 Å². The van der Waals surface area contributed by atoms with Gasteiger partial charge in [0.05, 0.1) is 10.6 Å². The molecule has 0 bridgehead atoms. The highest BCUT2D eigenvalue weighted by molar-refractivity contribution is 7.92.